The highest BCUT2D eigenvalue weighted by Crippen LogP contribution is 2.29. The maximum absolute atomic E-state index is 12.8. The Kier molecular flexibility index (Phi) is 7.43. The maximum atomic E-state index is 12.8. The SMILES string of the molecule is COCC(C)Oc1cc(Oc2cccc(S(C)=O)c2)cc(C(=O)Nc2ccn(C)n2)c1. The van der Waals surface area contributed by atoms with Gasteiger partial charge in [-0.25, -0.2) is 0 Å². The molecular weight excluding hydrogens is 418 g/mol. The molecule has 2 unspecified atom stereocenters. The van der Waals surface area contributed by atoms with Crippen molar-refractivity contribution >= 4 is 22.5 Å². The van der Waals surface area contributed by atoms with E-state index < -0.39 is 10.8 Å². The van der Waals surface area contributed by atoms with Gasteiger partial charge >= 0.3 is 0 Å². The Morgan fingerprint density at radius 3 is 2.61 bits per heavy atom. The molecule has 1 N–H and O–H groups in total. The fourth-order valence-corrected chi connectivity index (χ4v) is 3.41. The molecule has 0 saturated heterocycles. The molecule has 164 valence electrons. The average molecular weight is 444 g/mol. The maximum Gasteiger partial charge on any atom is 0.257 e. The van der Waals surface area contributed by atoms with Gasteiger partial charge in [-0.2, -0.15) is 5.10 Å². The Morgan fingerprint density at radius 2 is 1.94 bits per heavy atom. The predicted octanol–water partition coefficient (Wildman–Crippen LogP) is 3.62. The number of anilines is 1. The van der Waals surface area contributed by atoms with E-state index in [0.29, 0.717) is 40.1 Å². The number of aryl methyl sites for hydroxylation is 1. The number of hydrogen-bond donors (Lipinski definition) is 1. The topological polar surface area (TPSA) is 91.7 Å². The second kappa shape index (κ2) is 10.2. The summed E-state index contributed by atoms with van der Waals surface area (Å²) < 4.78 is 30.3. The van der Waals surface area contributed by atoms with Crippen LogP contribution < -0.4 is 14.8 Å². The quantitative estimate of drug-likeness (QED) is 0.543. The van der Waals surface area contributed by atoms with Gasteiger partial charge in [0, 0.05) is 60.0 Å². The fourth-order valence-electron chi connectivity index (χ4n) is 2.85. The van der Waals surface area contributed by atoms with Crippen LogP contribution >= 0.6 is 0 Å². The van der Waals surface area contributed by atoms with Crippen LogP contribution in [0, 0.1) is 0 Å². The monoisotopic (exact) mass is 443 g/mol. The Labute approximate surface area is 183 Å². The molecule has 8 nitrogen and oxygen atoms in total. The Bertz CT molecular complexity index is 1080. The Hall–Kier alpha value is -3.17. The van der Waals surface area contributed by atoms with Gasteiger partial charge in [-0.1, -0.05) is 6.07 Å². The molecule has 2 aromatic carbocycles. The Morgan fingerprint density at radius 1 is 1.16 bits per heavy atom. The second-order valence-corrected chi connectivity index (χ2v) is 8.32. The summed E-state index contributed by atoms with van der Waals surface area (Å²) >= 11 is 0. The molecule has 9 heteroatoms. The summed E-state index contributed by atoms with van der Waals surface area (Å²) in [5, 5.41) is 6.92. The number of methoxy groups -OCH3 is 1. The van der Waals surface area contributed by atoms with Crippen molar-refractivity contribution in [2.24, 2.45) is 7.05 Å². The molecule has 2 atom stereocenters. The highest BCUT2D eigenvalue weighted by atomic mass is 32.2. The van der Waals surface area contributed by atoms with Gasteiger partial charge in [0.1, 0.15) is 23.4 Å². The lowest BCUT2D eigenvalue weighted by Crippen LogP contribution is -2.18. The smallest absolute Gasteiger partial charge is 0.257 e. The van der Waals surface area contributed by atoms with Gasteiger partial charge in [-0.05, 0) is 37.3 Å². The molecule has 3 aromatic rings. The summed E-state index contributed by atoms with van der Waals surface area (Å²) in [5.41, 5.74) is 0.345. The molecule has 1 heterocycles. The third-order valence-corrected chi connectivity index (χ3v) is 5.13. The van der Waals surface area contributed by atoms with Crippen LogP contribution in [0.5, 0.6) is 17.2 Å². The average Bonchev–Trinajstić information content (AvgIpc) is 3.12. The van der Waals surface area contributed by atoms with E-state index in [-0.39, 0.29) is 12.0 Å². The van der Waals surface area contributed by atoms with Crippen LogP contribution in [0.2, 0.25) is 0 Å². The van der Waals surface area contributed by atoms with Crippen molar-refractivity contribution in [2.45, 2.75) is 17.9 Å². The molecule has 0 saturated carbocycles. The molecule has 0 bridgehead atoms. The third kappa shape index (κ3) is 6.40. The zero-order chi connectivity index (χ0) is 22.4. The summed E-state index contributed by atoms with van der Waals surface area (Å²) in [4.78, 5) is 13.4. The van der Waals surface area contributed by atoms with Gasteiger partial charge < -0.3 is 19.5 Å². The van der Waals surface area contributed by atoms with E-state index in [4.69, 9.17) is 14.2 Å². The second-order valence-electron chi connectivity index (χ2n) is 6.94. The summed E-state index contributed by atoms with van der Waals surface area (Å²) in [5.74, 6) is 1.46. The van der Waals surface area contributed by atoms with E-state index in [1.54, 1.807) is 79.8 Å². The van der Waals surface area contributed by atoms with Crippen LogP contribution in [-0.2, 0) is 22.6 Å². The number of nitrogens with zero attached hydrogens (tertiary/aromatic N) is 2. The number of carbonyl (C=O) groups is 1. The summed E-state index contributed by atoms with van der Waals surface area (Å²) in [6.45, 7) is 2.26. The van der Waals surface area contributed by atoms with Gasteiger partial charge in [-0.15, -0.1) is 0 Å². The lowest BCUT2D eigenvalue weighted by atomic mass is 10.2. The number of rotatable bonds is 9. The van der Waals surface area contributed by atoms with E-state index in [0.717, 1.165) is 0 Å². The summed E-state index contributed by atoms with van der Waals surface area (Å²) in [6.07, 6.45) is 3.11. The van der Waals surface area contributed by atoms with Gasteiger partial charge in [0.15, 0.2) is 5.82 Å². The highest BCUT2D eigenvalue weighted by Gasteiger charge is 2.14. The molecule has 0 aliphatic rings. The van der Waals surface area contributed by atoms with Crippen LogP contribution in [0.15, 0.2) is 59.6 Å². The minimum atomic E-state index is -1.14. The molecule has 0 aliphatic heterocycles. The van der Waals surface area contributed by atoms with Crippen molar-refractivity contribution in [2.75, 3.05) is 25.3 Å². The van der Waals surface area contributed by atoms with Gasteiger partial charge in [0.05, 0.1) is 6.61 Å². The normalized spacial score (nSPS) is 12.8. The summed E-state index contributed by atoms with van der Waals surface area (Å²) in [6, 6.07) is 13.6. The van der Waals surface area contributed by atoms with Gasteiger partial charge in [-0.3, -0.25) is 13.7 Å². The fraction of sp³-hybridized carbons (Fsp3) is 0.273. The lowest BCUT2D eigenvalue weighted by molar-refractivity contribution is 0.0915. The van der Waals surface area contributed by atoms with E-state index in [1.165, 1.54) is 0 Å². The number of hydrogen-bond acceptors (Lipinski definition) is 6. The van der Waals surface area contributed by atoms with Crippen molar-refractivity contribution < 1.29 is 23.2 Å². The van der Waals surface area contributed by atoms with Crippen LogP contribution in [0.4, 0.5) is 5.82 Å². The lowest BCUT2D eigenvalue weighted by Gasteiger charge is -2.16. The molecule has 0 fully saturated rings. The van der Waals surface area contributed by atoms with Crippen LogP contribution in [0.1, 0.15) is 17.3 Å². The van der Waals surface area contributed by atoms with Crippen molar-refractivity contribution in [1.82, 2.24) is 9.78 Å². The first kappa shape index (κ1) is 22.5. The molecule has 0 aliphatic carbocycles. The molecular formula is C22H25N3O5S. The van der Waals surface area contributed by atoms with Gasteiger partial charge in [0.25, 0.3) is 5.91 Å². The molecule has 0 spiro atoms. The first-order valence-electron chi connectivity index (χ1n) is 9.57. The number of ether oxygens (including phenoxy) is 3. The van der Waals surface area contributed by atoms with Gasteiger partial charge in [0.2, 0.25) is 0 Å². The number of carbonyl (C=O) groups excluding carboxylic acids is 1. The molecule has 1 amide bonds. The van der Waals surface area contributed by atoms with Crippen molar-refractivity contribution in [3.63, 3.8) is 0 Å². The number of aromatic nitrogens is 2. The van der Waals surface area contributed by atoms with Crippen LogP contribution in [-0.4, -0.2) is 46.0 Å². The predicted molar refractivity (Wildman–Crippen MR) is 118 cm³/mol. The third-order valence-electron chi connectivity index (χ3n) is 4.21. The van der Waals surface area contributed by atoms with Crippen molar-refractivity contribution in [3.8, 4) is 17.2 Å². The number of amides is 1. The Balaban J connectivity index is 1.89. The van der Waals surface area contributed by atoms with Crippen LogP contribution in [0.25, 0.3) is 0 Å². The van der Waals surface area contributed by atoms with Crippen LogP contribution in [0.3, 0.4) is 0 Å². The highest BCUT2D eigenvalue weighted by molar-refractivity contribution is 7.84. The minimum absolute atomic E-state index is 0.224. The van der Waals surface area contributed by atoms with E-state index in [2.05, 4.69) is 10.4 Å². The molecule has 1 aromatic heterocycles. The minimum Gasteiger partial charge on any atom is -0.488 e. The largest absolute Gasteiger partial charge is 0.488 e. The van der Waals surface area contributed by atoms with Crippen molar-refractivity contribution in [1.29, 1.82) is 0 Å². The molecule has 31 heavy (non-hydrogen) atoms. The molecule has 3 rings (SSSR count). The number of benzene rings is 2. The first-order valence-corrected chi connectivity index (χ1v) is 11.1. The zero-order valence-electron chi connectivity index (χ0n) is 17.8. The molecule has 0 radical (unpaired) electrons. The van der Waals surface area contributed by atoms with E-state index in [1.807, 2.05) is 6.92 Å². The van der Waals surface area contributed by atoms with E-state index in [9.17, 15) is 9.00 Å². The first-order chi connectivity index (χ1) is 14.8. The standard InChI is InChI=1S/C22H25N3O5S/c1-15(14-28-3)29-18-10-16(22(26)23-21-8-9-25(2)24-21)11-19(12-18)30-17-6-5-7-20(13-17)31(4)27/h5-13,15H,14H2,1-4H3,(H,23,24,26). The summed E-state index contributed by atoms with van der Waals surface area (Å²) in [7, 11) is 2.23. The zero-order valence-corrected chi connectivity index (χ0v) is 18.6. The number of nitrogens with one attached hydrogen (secondary N) is 1. The van der Waals surface area contributed by atoms with Crippen molar-refractivity contribution in [3.05, 3.63) is 60.3 Å². The van der Waals surface area contributed by atoms with E-state index >= 15 is 0 Å².